The summed E-state index contributed by atoms with van der Waals surface area (Å²) in [5, 5.41) is 3.28. The molecule has 0 aliphatic heterocycles. The molecule has 0 heterocycles. The van der Waals surface area contributed by atoms with E-state index in [1.54, 1.807) is 30.3 Å². The van der Waals surface area contributed by atoms with Crippen molar-refractivity contribution in [2.24, 2.45) is 0 Å². The molecule has 0 bridgehead atoms. The number of hydrogen-bond donors (Lipinski definition) is 2. The van der Waals surface area contributed by atoms with Gasteiger partial charge in [0.15, 0.2) is 0 Å². The van der Waals surface area contributed by atoms with Gasteiger partial charge >= 0.3 is 7.60 Å². The summed E-state index contributed by atoms with van der Waals surface area (Å²) in [6.45, 7) is 0.618. The summed E-state index contributed by atoms with van der Waals surface area (Å²) in [6.07, 6.45) is 0. The molecule has 19 heavy (non-hydrogen) atoms. The smallest absolute Gasteiger partial charge is 0.321 e. The van der Waals surface area contributed by atoms with Crippen molar-refractivity contribution in [3.05, 3.63) is 66.2 Å². The Morgan fingerprint density at radius 3 is 2.21 bits per heavy atom. The van der Waals surface area contributed by atoms with Crippen LogP contribution in [0.5, 0.6) is 0 Å². The van der Waals surface area contributed by atoms with Crippen LogP contribution in [0.25, 0.3) is 0 Å². The Bertz CT molecular complexity index is 545. The lowest BCUT2D eigenvalue weighted by molar-refractivity contribution is 0.245. The number of rotatable bonds is 6. The van der Waals surface area contributed by atoms with E-state index in [4.69, 9.17) is 4.52 Å². The second-order valence-electron chi connectivity index (χ2n) is 4.04. The van der Waals surface area contributed by atoms with Gasteiger partial charge in [-0.05, 0) is 17.7 Å². The monoisotopic (exact) mass is 277 g/mol. The maximum absolute atomic E-state index is 11.9. The predicted octanol–water partition coefficient (Wildman–Crippen LogP) is 2.26. The van der Waals surface area contributed by atoms with E-state index < -0.39 is 7.60 Å². The van der Waals surface area contributed by atoms with Crippen molar-refractivity contribution in [3.63, 3.8) is 0 Å². The summed E-state index contributed by atoms with van der Waals surface area (Å²) < 4.78 is 17.0. The molecule has 1 atom stereocenters. The molecule has 0 aromatic heterocycles. The lowest BCUT2D eigenvalue weighted by atomic mass is 10.2. The molecule has 2 rings (SSSR count). The molecule has 5 heteroatoms. The van der Waals surface area contributed by atoms with Gasteiger partial charge in [-0.1, -0.05) is 48.5 Å². The number of benzene rings is 2. The van der Waals surface area contributed by atoms with Crippen LogP contribution in [-0.2, 0) is 15.6 Å². The largest absolute Gasteiger partial charge is 0.360 e. The highest BCUT2D eigenvalue weighted by Crippen LogP contribution is 2.39. The van der Waals surface area contributed by atoms with E-state index in [9.17, 15) is 9.46 Å². The molecular weight excluding hydrogens is 261 g/mol. The molecular formula is C14H16NO3P. The molecule has 0 aliphatic carbocycles. The topological polar surface area (TPSA) is 58.6 Å². The van der Waals surface area contributed by atoms with Crippen LogP contribution in [0.3, 0.4) is 0 Å². The van der Waals surface area contributed by atoms with Gasteiger partial charge in [0.05, 0.1) is 5.30 Å². The van der Waals surface area contributed by atoms with Gasteiger partial charge in [0.25, 0.3) is 0 Å². The van der Waals surface area contributed by atoms with Gasteiger partial charge in [-0.25, -0.2) is 0 Å². The van der Waals surface area contributed by atoms with Gasteiger partial charge < -0.3 is 4.89 Å². The fourth-order valence-electron chi connectivity index (χ4n) is 1.62. The van der Waals surface area contributed by atoms with E-state index in [0.717, 1.165) is 5.56 Å². The average Bonchev–Trinajstić information content (AvgIpc) is 2.46. The van der Waals surface area contributed by atoms with E-state index in [0.29, 0.717) is 11.8 Å². The third-order valence-corrected chi connectivity index (χ3v) is 4.03. The maximum atomic E-state index is 11.9. The average molecular weight is 277 g/mol. The standard InChI is InChI=1S/C14H16NO3P/c16-19(17,14-9-5-2-6-10-14)18-12-15-11-13-7-3-1-4-8-13/h1-10,15H,11-12H2,(H,16,17). The molecule has 0 amide bonds. The summed E-state index contributed by atoms with van der Waals surface area (Å²) in [5.74, 6) is 0. The normalized spacial score (nSPS) is 13.9. The zero-order chi connectivity index (χ0) is 13.6. The molecule has 4 nitrogen and oxygen atoms in total. The Hall–Kier alpha value is -1.45. The van der Waals surface area contributed by atoms with Crippen LogP contribution in [0.1, 0.15) is 5.56 Å². The van der Waals surface area contributed by atoms with Crippen LogP contribution in [0.15, 0.2) is 60.7 Å². The SMILES string of the molecule is O=P(O)(OCNCc1ccccc1)c1ccccc1. The Morgan fingerprint density at radius 2 is 1.58 bits per heavy atom. The summed E-state index contributed by atoms with van der Waals surface area (Å²) >= 11 is 0. The molecule has 1 unspecified atom stereocenters. The highest BCUT2D eigenvalue weighted by molar-refractivity contribution is 7.61. The Balaban J connectivity index is 1.81. The van der Waals surface area contributed by atoms with Crippen molar-refractivity contribution in [2.45, 2.75) is 6.54 Å². The van der Waals surface area contributed by atoms with Crippen LogP contribution >= 0.6 is 7.60 Å². The molecule has 0 fully saturated rings. The highest BCUT2D eigenvalue weighted by Gasteiger charge is 2.21. The summed E-state index contributed by atoms with van der Waals surface area (Å²) in [5.41, 5.74) is 1.10. The molecule has 2 N–H and O–H groups in total. The van der Waals surface area contributed by atoms with Gasteiger partial charge in [-0.3, -0.25) is 14.4 Å². The third-order valence-electron chi connectivity index (χ3n) is 2.60. The first-order valence-electron chi connectivity index (χ1n) is 5.96. The van der Waals surface area contributed by atoms with E-state index in [1.165, 1.54) is 0 Å². The predicted molar refractivity (Wildman–Crippen MR) is 75.1 cm³/mol. The van der Waals surface area contributed by atoms with E-state index >= 15 is 0 Å². The Labute approximate surface area is 112 Å². The van der Waals surface area contributed by atoms with Crippen LogP contribution in [-0.4, -0.2) is 11.6 Å². The zero-order valence-electron chi connectivity index (χ0n) is 10.4. The molecule has 0 spiro atoms. The molecule has 100 valence electrons. The first-order valence-corrected chi connectivity index (χ1v) is 7.54. The fraction of sp³-hybridized carbons (Fsp3) is 0.143. The molecule has 2 aromatic carbocycles. The van der Waals surface area contributed by atoms with Crippen molar-refractivity contribution in [1.29, 1.82) is 0 Å². The number of hydrogen-bond acceptors (Lipinski definition) is 3. The fourth-order valence-corrected chi connectivity index (χ4v) is 2.58. The van der Waals surface area contributed by atoms with Crippen molar-refractivity contribution >= 4 is 12.9 Å². The van der Waals surface area contributed by atoms with Gasteiger partial charge in [0.2, 0.25) is 0 Å². The second kappa shape index (κ2) is 6.64. The van der Waals surface area contributed by atoms with E-state index in [-0.39, 0.29) is 6.73 Å². The van der Waals surface area contributed by atoms with Gasteiger partial charge in [0.1, 0.15) is 6.73 Å². The number of nitrogens with one attached hydrogen (secondary N) is 1. The first-order chi connectivity index (χ1) is 9.18. The first kappa shape index (κ1) is 14.0. The highest BCUT2D eigenvalue weighted by atomic mass is 31.2. The Morgan fingerprint density at radius 1 is 1.00 bits per heavy atom. The zero-order valence-corrected chi connectivity index (χ0v) is 11.3. The van der Waals surface area contributed by atoms with Crippen molar-refractivity contribution < 1.29 is 14.0 Å². The van der Waals surface area contributed by atoms with Gasteiger partial charge in [-0.2, -0.15) is 0 Å². The van der Waals surface area contributed by atoms with Crippen LogP contribution in [0.2, 0.25) is 0 Å². The summed E-state index contributed by atoms with van der Waals surface area (Å²) in [7, 11) is -3.73. The summed E-state index contributed by atoms with van der Waals surface area (Å²) in [6, 6.07) is 18.1. The molecule has 0 aliphatic rings. The molecule has 0 saturated carbocycles. The van der Waals surface area contributed by atoms with E-state index in [2.05, 4.69) is 5.32 Å². The maximum Gasteiger partial charge on any atom is 0.360 e. The van der Waals surface area contributed by atoms with Gasteiger partial charge in [0, 0.05) is 6.54 Å². The minimum absolute atomic E-state index is 0.0254. The second-order valence-corrected chi connectivity index (χ2v) is 5.86. The Kier molecular flexibility index (Phi) is 4.88. The van der Waals surface area contributed by atoms with Crippen molar-refractivity contribution in [3.8, 4) is 0 Å². The minimum Gasteiger partial charge on any atom is -0.321 e. The lowest BCUT2D eigenvalue weighted by Crippen LogP contribution is -2.18. The molecule has 0 radical (unpaired) electrons. The van der Waals surface area contributed by atoms with Crippen LogP contribution in [0.4, 0.5) is 0 Å². The van der Waals surface area contributed by atoms with Crippen LogP contribution in [0, 0.1) is 0 Å². The van der Waals surface area contributed by atoms with E-state index in [1.807, 2.05) is 30.3 Å². The van der Waals surface area contributed by atoms with Crippen molar-refractivity contribution in [2.75, 3.05) is 6.73 Å². The lowest BCUT2D eigenvalue weighted by Gasteiger charge is -2.12. The van der Waals surface area contributed by atoms with Gasteiger partial charge in [-0.15, -0.1) is 0 Å². The molecule has 0 saturated heterocycles. The summed E-state index contributed by atoms with van der Waals surface area (Å²) in [4.78, 5) is 9.78. The quantitative estimate of drug-likeness (QED) is 0.483. The van der Waals surface area contributed by atoms with Crippen molar-refractivity contribution in [1.82, 2.24) is 5.32 Å². The molecule has 2 aromatic rings. The van der Waals surface area contributed by atoms with Crippen LogP contribution < -0.4 is 10.6 Å². The third kappa shape index (κ3) is 4.30. The minimum atomic E-state index is -3.73.